The highest BCUT2D eigenvalue weighted by atomic mass is 19.1. The van der Waals surface area contributed by atoms with E-state index in [1.165, 1.54) is 12.1 Å². The second-order valence-corrected chi connectivity index (χ2v) is 6.21. The zero-order valence-corrected chi connectivity index (χ0v) is 13.1. The van der Waals surface area contributed by atoms with E-state index in [0.29, 0.717) is 18.5 Å². The third-order valence-corrected chi connectivity index (χ3v) is 3.99. The van der Waals surface area contributed by atoms with E-state index in [0.717, 1.165) is 12.8 Å². The molecular formula is C17H23FN2O2. The average Bonchev–Trinajstić information content (AvgIpc) is 2.46. The molecule has 2 amide bonds. The van der Waals surface area contributed by atoms with Gasteiger partial charge in [0.1, 0.15) is 5.82 Å². The van der Waals surface area contributed by atoms with Crippen molar-refractivity contribution in [3.63, 3.8) is 0 Å². The van der Waals surface area contributed by atoms with Gasteiger partial charge in [0.25, 0.3) is 0 Å². The maximum atomic E-state index is 13.1. The van der Waals surface area contributed by atoms with Crippen LogP contribution in [0.25, 0.3) is 0 Å². The molecule has 0 aromatic heterocycles. The fourth-order valence-corrected chi connectivity index (χ4v) is 2.83. The first-order chi connectivity index (χ1) is 10.5. The summed E-state index contributed by atoms with van der Waals surface area (Å²) in [6, 6.07) is 6.02. The largest absolute Gasteiger partial charge is 0.354 e. The van der Waals surface area contributed by atoms with E-state index in [4.69, 9.17) is 0 Å². The normalized spacial score (nSPS) is 21.5. The van der Waals surface area contributed by atoms with Crippen LogP contribution in [0, 0.1) is 17.7 Å². The molecule has 0 radical (unpaired) electrons. The molecule has 2 rings (SSSR count). The number of nitrogens with one attached hydrogen (secondary N) is 2. The molecular weight excluding hydrogens is 283 g/mol. The Balaban J connectivity index is 1.83. The summed E-state index contributed by atoms with van der Waals surface area (Å²) in [6.07, 6.45) is 2.83. The third-order valence-electron chi connectivity index (χ3n) is 3.99. The van der Waals surface area contributed by atoms with E-state index in [-0.39, 0.29) is 35.5 Å². The summed E-state index contributed by atoms with van der Waals surface area (Å²) in [4.78, 5) is 24.2. The van der Waals surface area contributed by atoms with Crippen LogP contribution in [0.15, 0.2) is 24.3 Å². The molecule has 1 aromatic rings. The van der Waals surface area contributed by atoms with Gasteiger partial charge in [0.15, 0.2) is 0 Å². The highest BCUT2D eigenvalue weighted by Gasteiger charge is 2.30. The third kappa shape index (κ3) is 4.55. The lowest BCUT2D eigenvalue weighted by atomic mass is 9.81. The molecule has 2 N–H and O–H groups in total. The van der Waals surface area contributed by atoms with E-state index in [1.54, 1.807) is 12.1 Å². The number of amides is 2. The van der Waals surface area contributed by atoms with Crippen molar-refractivity contribution in [2.24, 2.45) is 11.8 Å². The van der Waals surface area contributed by atoms with Gasteiger partial charge in [0, 0.05) is 23.6 Å². The molecule has 22 heavy (non-hydrogen) atoms. The smallest absolute Gasteiger partial charge is 0.227 e. The van der Waals surface area contributed by atoms with E-state index in [2.05, 4.69) is 10.6 Å². The molecule has 1 aromatic carbocycles. The van der Waals surface area contributed by atoms with Gasteiger partial charge in [-0.25, -0.2) is 4.39 Å². The lowest BCUT2D eigenvalue weighted by Crippen LogP contribution is -2.38. The van der Waals surface area contributed by atoms with Crippen LogP contribution in [0.2, 0.25) is 0 Å². The molecule has 0 saturated heterocycles. The maximum Gasteiger partial charge on any atom is 0.227 e. The Hall–Kier alpha value is -1.91. The number of carbonyl (C=O) groups is 2. The molecule has 0 aliphatic heterocycles. The average molecular weight is 306 g/mol. The number of carbonyl (C=O) groups excluding carboxylic acids is 2. The fourth-order valence-electron chi connectivity index (χ4n) is 2.83. The van der Waals surface area contributed by atoms with Gasteiger partial charge in [0.2, 0.25) is 11.8 Å². The minimum atomic E-state index is -0.369. The van der Waals surface area contributed by atoms with Crippen molar-refractivity contribution >= 4 is 17.5 Å². The van der Waals surface area contributed by atoms with E-state index in [9.17, 15) is 14.0 Å². The molecule has 4 nitrogen and oxygen atoms in total. The van der Waals surface area contributed by atoms with E-state index < -0.39 is 0 Å². The molecule has 1 saturated carbocycles. The lowest BCUT2D eigenvalue weighted by Gasteiger charge is -2.27. The van der Waals surface area contributed by atoms with Crippen molar-refractivity contribution in [1.29, 1.82) is 0 Å². The molecule has 5 heteroatoms. The number of hydrogen-bond acceptors (Lipinski definition) is 2. The minimum absolute atomic E-state index is 0.000574. The molecule has 1 aliphatic carbocycles. The number of rotatable bonds is 4. The molecule has 1 fully saturated rings. The van der Waals surface area contributed by atoms with Crippen LogP contribution >= 0.6 is 0 Å². The quantitative estimate of drug-likeness (QED) is 0.898. The Kier molecular flexibility index (Phi) is 5.52. The molecule has 0 heterocycles. The van der Waals surface area contributed by atoms with Crippen LogP contribution in [-0.4, -0.2) is 17.9 Å². The summed E-state index contributed by atoms with van der Waals surface area (Å²) in [6.45, 7) is 3.88. The van der Waals surface area contributed by atoms with Gasteiger partial charge < -0.3 is 10.6 Å². The molecule has 0 spiro atoms. The standard InChI is InChI=1S/C17H23FN2O2/c1-11(2)19-16(21)12-6-8-13(9-7-12)17(22)20-15-5-3-4-14(18)10-15/h3-5,10-13H,6-9H2,1-2H3,(H,19,21)(H,20,22). The zero-order valence-electron chi connectivity index (χ0n) is 13.1. The van der Waals surface area contributed by atoms with Gasteiger partial charge in [-0.15, -0.1) is 0 Å². The van der Waals surface area contributed by atoms with Gasteiger partial charge in [-0.05, 0) is 57.7 Å². The SMILES string of the molecule is CC(C)NC(=O)C1CCC(C(=O)Nc2cccc(F)c2)CC1. The Morgan fingerprint density at radius 1 is 1.09 bits per heavy atom. The summed E-state index contributed by atoms with van der Waals surface area (Å²) in [5.74, 6) is -0.480. The first-order valence-electron chi connectivity index (χ1n) is 7.82. The van der Waals surface area contributed by atoms with Gasteiger partial charge in [0.05, 0.1) is 0 Å². The van der Waals surface area contributed by atoms with Crippen LogP contribution in [0.4, 0.5) is 10.1 Å². The van der Waals surface area contributed by atoms with Gasteiger partial charge >= 0.3 is 0 Å². The predicted octanol–water partition coefficient (Wildman–Crippen LogP) is 3.10. The second kappa shape index (κ2) is 7.38. The number of anilines is 1. The Labute approximate surface area is 130 Å². The number of benzene rings is 1. The molecule has 120 valence electrons. The fraction of sp³-hybridized carbons (Fsp3) is 0.529. The van der Waals surface area contributed by atoms with Crippen molar-refractivity contribution in [1.82, 2.24) is 5.32 Å². The van der Waals surface area contributed by atoms with Crippen LogP contribution < -0.4 is 10.6 Å². The Morgan fingerprint density at radius 3 is 2.23 bits per heavy atom. The highest BCUT2D eigenvalue weighted by molar-refractivity contribution is 5.92. The summed E-state index contributed by atoms with van der Waals surface area (Å²) in [7, 11) is 0. The van der Waals surface area contributed by atoms with Gasteiger partial charge in [-0.1, -0.05) is 6.07 Å². The summed E-state index contributed by atoms with van der Waals surface area (Å²) < 4.78 is 13.1. The van der Waals surface area contributed by atoms with Crippen LogP contribution in [0.3, 0.4) is 0 Å². The van der Waals surface area contributed by atoms with Crippen molar-refractivity contribution in [3.8, 4) is 0 Å². The summed E-state index contributed by atoms with van der Waals surface area (Å²) in [5, 5.41) is 5.67. The predicted molar refractivity (Wildman–Crippen MR) is 83.8 cm³/mol. The van der Waals surface area contributed by atoms with Gasteiger partial charge in [-0.3, -0.25) is 9.59 Å². The van der Waals surface area contributed by atoms with Crippen LogP contribution in [0.5, 0.6) is 0 Å². The Morgan fingerprint density at radius 2 is 1.68 bits per heavy atom. The number of halogens is 1. The monoisotopic (exact) mass is 306 g/mol. The lowest BCUT2D eigenvalue weighted by molar-refractivity contribution is -0.128. The highest BCUT2D eigenvalue weighted by Crippen LogP contribution is 2.30. The van der Waals surface area contributed by atoms with E-state index in [1.807, 2.05) is 13.8 Å². The maximum absolute atomic E-state index is 13.1. The molecule has 0 unspecified atom stereocenters. The van der Waals surface area contributed by atoms with Crippen LogP contribution in [0.1, 0.15) is 39.5 Å². The van der Waals surface area contributed by atoms with Crippen molar-refractivity contribution < 1.29 is 14.0 Å². The van der Waals surface area contributed by atoms with E-state index >= 15 is 0 Å². The first-order valence-corrected chi connectivity index (χ1v) is 7.82. The summed E-state index contributed by atoms with van der Waals surface area (Å²) in [5.41, 5.74) is 0.477. The van der Waals surface area contributed by atoms with Crippen molar-refractivity contribution in [2.75, 3.05) is 5.32 Å². The first kappa shape index (κ1) is 16.5. The van der Waals surface area contributed by atoms with Crippen molar-refractivity contribution in [2.45, 2.75) is 45.6 Å². The minimum Gasteiger partial charge on any atom is -0.354 e. The molecule has 1 aliphatic rings. The second-order valence-electron chi connectivity index (χ2n) is 6.21. The molecule has 0 atom stereocenters. The summed E-state index contributed by atoms with van der Waals surface area (Å²) >= 11 is 0. The topological polar surface area (TPSA) is 58.2 Å². The molecule has 0 bridgehead atoms. The van der Waals surface area contributed by atoms with Crippen molar-refractivity contribution in [3.05, 3.63) is 30.1 Å². The Bertz CT molecular complexity index is 537. The van der Waals surface area contributed by atoms with Gasteiger partial charge in [-0.2, -0.15) is 0 Å². The number of hydrogen-bond donors (Lipinski definition) is 2. The van der Waals surface area contributed by atoms with Crippen LogP contribution in [-0.2, 0) is 9.59 Å². The zero-order chi connectivity index (χ0) is 16.1.